The first-order chi connectivity index (χ1) is 13.1. The summed E-state index contributed by atoms with van der Waals surface area (Å²) in [6.07, 6.45) is 2.47. The van der Waals surface area contributed by atoms with E-state index in [1.807, 2.05) is 12.3 Å². The summed E-state index contributed by atoms with van der Waals surface area (Å²) in [4.78, 5) is 4.42. The van der Waals surface area contributed by atoms with Crippen molar-refractivity contribution in [3.8, 4) is 17.0 Å². The maximum absolute atomic E-state index is 13.0. The van der Waals surface area contributed by atoms with Gasteiger partial charge < -0.3 is 4.74 Å². The Morgan fingerprint density at radius 2 is 1.93 bits per heavy atom. The van der Waals surface area contributed by atoms with Gasteiger partial charge in [0.05, 0.1) is 28.6 Å². The molecule has 0 aliphatic rings. The van der Waals surface area contributed by atoms with Crippen LogP contribution >= 0.6 is 34.5 Å². The van der Waals surface area contributed by atoms with Gasteiger partial charge in [0.15, 0.2) is 5.75 Å². The number of aromatic nitrogens is 1. The molecule has 1 N–H and O–H groups in total. The standard InChI is InChI=1S/C19H16Cl2FN3OS/c1-2-7-26-18-15(20)8-12(9-16(18)21)10-23-25-19-24-17(11-27-19)13-3-5-14(22)6-4-13/h3-6,8-11H,2,7H2,1H3,(H,24,25)/b23-10-. The highest BCUT2D eigenvalue weighted by molar-refractivity contribution is 7.14. The van der Waals surface area contributed by atoms with E-state index in [9.17, 15) is 4.39 Å². The lowest BCUT2D eigenvalue weighted by atomic mass is 10.2. The highest BCUT2D eigenvalue weighted by Gasteiger charge is 2.09. The zero-order valence-electron chi connectivity index (χ0n) is 14.4. The van der Waals surface area contributed by atoms with Gasteiger partial charge in [-0.1, -0.05) is 30.1 Å². The van der Waals surface area contributed by atoms with Gasteiger partial charge in [0, 0.05) is 10.9 Å². The molecule has 0 atom stereocenters. The molecule has 0 saturated heterocycles. The van der Waals surface area contributed by atoms with Crippen LogP contribution in [0.2, 0.25) is 10.0 Å². The van der Waals surface area contributed by atoms with Crippen molar-refractivity contribution in [2.75, 3.05) is 12.0 Å². The van der Waals surface area contributed by atoms with Gasteiger partial charge in [-0.25, -0.2) is 9.37 Å². The van der Waals surface area contributed by atoms with Gasteiger partial charge >= 0.3 is 0 Å². The van der Waals surface area contributed by atoms with Crippen LogP contribution in [0.15, 0.2) is 46.9 Å². The van der Waals surface area contributed by atoms with Crippen LogP contribution in [-0.4, -0.2) is 17.8 Å². The molecule has 0 radical (unpaired) electrons. The topological polar surface area (TPSA) is 46.5 Å². The van der Waals surface area contributed by atoms with E-state index in [4.69, 9.17) is 27.9 Å². The van der Waals surface area contributed by atoms with Crippen LogP contribution in [0.4, 0.5) is 9.52 Å². The summed E-state index contributed by atoms with van der Waals surface area (Å²) in [5.74, 6) is 0.203. The molecule has 3 aromatic rings. The first kappa shape index (κ1) is 19.6. The van der Waals surface area contributed by atoms with Gasteiger partial charge in [-0.15, -0.1) is 11.3 Å². The molecule has 0 spiro atoms. The number of ether oxygens (including phenoxy) is 1. The van der Waals surface area contributed by atoms with E-state index in [2.05, 4.69) is 15.5 Å². The lowest BCUT2D eigenvalue weighted by Crippen LogP contribution is -1.97. The van der Waals surface area contributed by atoms with Crippen molar-refractivity contribution in [3.63, 3.8) is 0 Å². The number of anilines is 1. The SMILES string of the molecule is CCCOc1c(Cl)cc(/C=N\Nc2nc(-c3ccc(F)cc3)cs2)cc1Cl. The molecule has 4 nitrogen and oxygen atoms in total. The molecule has 8 heteroatoms. The number of nitrogens with one attached hydrogen (secondary N) is 1. The maximum Gasteiger partial charge on any atom is 0.203 e. The maximum atomic E-state index is 13.0. The fourth-order valence-electron chi connectivity index (χ4n) is 2.24. The molecule has 0 aliphatic heterocycles. The Bertz CT molecular complexity index is 921. The van der Waals surface area contributed by atoms with E-state index >= 15 is 0 Å². The normalized spacial score (nSPS) is 11.1. The smallest absolute Gasteiger partial charge is 0.203 e. The molecular weight excluding hydrogens is 408 g/mol. The molecule has 1 aromatic heterocycles. The molecular formula is C19H16Cl2FN3OS. The van der Waals surface area contributed by atoms with Crippen LogP contribution in [-0.2, 0) is 0 Å². The second-order valence-electron chi connectivity index (χ2n) is 5.58. The molecule has 0 aliphatic carbocycles. The third-order valence-electron chi connectivity index (χ3n) is 3.49. The van der Waals surface area contributed by atoms with E-state index in [1.54, 1.807) is 30.5 Å². The molecule has 1 heterocycles. The molecule has 3 rings (SSSR count). The molecule has 0 amide bonds. The largest absolute Gasteiger partial charge is 0.490 e. The van der Waals surface area contributed by atoms with Crippen molar-refractivity contribution in [2.24, 2.45) is 5.10 Å². The minimum atomic E-state index is -0.277. The average molecular weight is 424 g/mol. The Morgan fingerprint density at radius 3 is 2.59 bits per heavy atom. The van der Waals surface area contributed by atoms with Crippen LogP contribution in [0.25, 0.3) is 11.3 Å². The zero-order chi connectivity index (χ0) is 19.2. The van der Waals surface area contributed by atoms with Gasteiger partial charge in [-0.05, 0) is 48.4 Å². The third kappa shape index (κ3) is 5.19. The van der Waals surface area contributed by atoms with E-state index in [0.29, 0.717) is 27.5 Å². The lowest BCUT2D eigenvalue weighted by molar-refractivity contribution is 0.318. The molecule has 0 fully saturated rings. The van der Waals surface area contributed by atoms with Gasteiger partial charge in [0.25, 0.3) is 0 Å². The average Bonchev–Trinajstić information content (AvgIpc) is 3.10. The highest BCUT2D eigenvalue weighted by Crippen LogP contribution is 2.34. The second kappa shape index (κ2) is 9.17. The number of rotatable bonds is 7. The van der Waals surface area contributed by atoms with Crippen LogP contribution in [0.1, 0.15) is 18.9 Å². The molecule has 2 aromatic carbocycles. The molecule has 27 heavy (non-hydrogen) atoms. The predicted molar refractivity (Wildman–Crippen MR) is 111 cm³/mol. The Kier molecular flexibility index (Phi) is 6.66. The lowest BCUT2D eigenvalue weighted by Gasteiger charge is -2.09. The van der Waals surface area contributed by atoms with E-state index in [0.717, 1.165) is 23.2 Å². The monoisotopic (exact) mass is 423 g/mol. The van der Waals surface area contributed by atoms with Gasteiger partial charge in [0.2, 0.25) is 5.13 Å². The summed E-state index contributed by atoms with van der Waals surface area (Å²) < 4.78 is 18.5. The van der Waals surface area contributed by atoms with Crippen LogP contribution in [0, 0.1) is 5.82 Å². The number of hydrazone groups is 1. The predicted octanol–water partition coefficient (Wildman–Crippen LogP) is 6.49. The van der Waals surface area contributed by atoms with Crippen LogP contribution < -0.4 is 10.2 Å². The van der Waals surface area contributed by atoms with Crippen molar-refractivity contribution >= 4 is 45.9 Å². The first-order valence-corrected chi connectivity index (χ1v) is 9.82. The minimum Gasteiger partial charge on any atom is -0.490 e. The number of nitrogens with zero attached hydrogens (tertiary/aromatic N) is 2. The summed E-state index contributed by atoms with van der Waals surface area (Å²) >= 11 is 13.8. The number of thiazole rings is 1. The molecule has 0 saturated carbocycles. The fourth-order valence-corrected chi connectivity index (χ4v) is 3.52. The van der Waals surface area contributed by atoms with Crippen molar-refractivity contribution < 1.29 is 9.13 Å². The van der Waals surface area contributed by atoms with E-state index in [-0.39, 0.29) is 5.82 Å². The quantitative estimate of drug-likeness (QED) is 0.348. The number of hydrogen-bond donors (Lipinski definition) is 1. The molecule has 0 unspecified atom stereocenters. The fraction of sp³-hybridized carbons (Fsp3) is 0.158. The van der Waals surface area contributed by atoms with Crippen LogP contribution in [0.5, 0.6) is 5.75 Å². The number of hydrogen-bond acceptors (Lipinski definition) is 5. The minimum absolute atomic E-state index is 0.277. The van der Waals surface area contributed by atoms with Crippen LogP contribution in [0.3, 0.4) is 0 Å². The Morgan fingerprint density at radius 1 is 1.22 bits per heavy atom. The zero-order valence-corrected chi connectivity index (χ0v) is 16.7. The van der Waals surface area contributed by atoms with E-state index < -0.39 is 0 Å². The first-order valence-electron chi connectivity index (χ1n) is 8.19. The highest BCUT2D eigenvalue weighted by atomic mass is 35.5. The Balaban J connectivity index is 1.66. The third-order valence-corrected chi connectivity index (χ3v) is 4.80. The summed E-state index contributed by atoms with van der Waals surface area (Å²) in [5.41, 5.74) is 5.19. The summed E-state index contributed by atoms with van der Waals surface area (Å²) in [5, 5.41) is 7.52. The summed E-state index contributed by atoms with van der Waals surface area (Å²) in [6.45, 7) is 2.56. The van der Waals surface area contributed by atoms with Crippen molar-refractivity contribution in [1.82, 2.24) is 4.98 Å². The Hall–Kier alpha value is -2.15. The number of halogens is 3. The summed E-state index contributed by atoms with van der Waals surface area (Å²) in [6, 6.07) is 9.64. The molecule has 0 bridgehead atoms. The van der Waals surface area contributed by atoms with E-state index in [1.165, 1.54) is 23.5 Å². The van der Waals surface area contributed by atoms with Crippen molar-refractivity contribution in [1.29, 1.82) is 0 Å². The molecule has 140 valence electrons. The van der Waals surface area contributed by atoms with Gasteiger partial charge in [0.1, 0.15) is 5.82 Å². The van der Waals surface area contributed by atoms with Gasteiger partial charge in [-0.2, -0.15) is 5.10 Å². The van der Waals surface area contributed by atoms with Gasteiger partial charge in [-0.3, -0.25) is 5.43 Å². The Labute approximate surface area is 170 Å². The number of benzene rings is 2. The van der Waals surface area contributed by atoms with Crippen molar-refractivity contribution in [2.45, 2.75) is 13.3 Å². The van der Waals surface area contributed by atoms with Crippen molar-refractivity contribution in [3.05, 3.63) is 63.2 Å². The second-order valence-corrected chi connectivity index (χ2v) is 7.25. The summed E-state index contributed by atoms with van der Waals surface area (Å²) in [7, 11) is 0.